The van der Waals surface area contributed by atoms with E-state index in [2.05, 4.69) is 30.9 Å². The van der Waals surface area contributed by atoms with E-state index in [9.17, 15) is 0 Å². The van der Waals surface area contributed by atoms with Crippen molar-refractivity contribution in [3.63, 3.8) is 0 Å². The number of rotatable bonds is 5. The van der Waals surface area contributed by atoms with Crippen molar-refractivity contribution in [3.05, 3.63) is 41.5 Å². The van der Waals surface area contributed by atoms with Crippen molar-refractivity contribution in [1.82, 2.24) is 30.0 Å². The van der Waals surface area contributed by atoms with E-state index in [-0.39, 0.29) is 0 Å². The molecule has 0 atom stereocenters. The molecule has 0 fully saturated rings. The first-order valence-electron chi connectivity index (χ1n) is 8.79. The van der Waals surface area contributed by atoms with Gasteiger partial charge in [-0.05, 0) is 13.0 Å². The summed E-state index contributed by atoms with van der Waals surface area (Å²) in [6, 6.07) is 3.81. The molecule has 1 aliphatic rings. The lowest BCUT2D eigenvalue weighted by molar-refractivity contribution is 0.395. The average molecular weight is 366 g/mol. The number of aryl methyl sites for hydroxylation is 1. The zero-order valence-corrected chi connectivity index (χ0v) is 15.6. The van der Waals surface area contributed by atoms with E-state index in [0.29, 0.717) is 11.8 Å². The van der Waals surface area contributed by atoms with Crippen molar-refractivity contribution in [2.75, 3.05) is 31.3 Å². The van der Waals surface area contributed by atoms with Gasteiger partial charge in [-0.2, -0.15) is 10.1 Å². The number of nitrogens with zero attached hydrogens (tertiary/aromatic N) is 5. The minimum absolute atomic E-state index is 0.501. The molecule has 0 saturated heterocycles. The third-order valence-electron chi connectivity index (χ3n) is 4.37. The highest BCUT2D eigenvalue weighted by Gasteiger charge is 2.17. The number of aromatic nitrogens is 5. The van der Waals surface area contributed by atoms with Gasteiger partial charge in [0.1, 0.15) is 11.5 Å². The van der Waals surface area contributed by atoms with Crippen LogP contribution in [0.15, 0.2) is 24.5 Å². The third-order valence-corrected chi connectivity index (χ3v) is 4.37. The maximum atomic E-state index is 5.44. The van der Waals surface area contributed by atoms with E-state index in [1.807, 2.05) is 37.0 Å². The van der Waals surface area contributed by atoms with Crippen LogP contribution in [0.5, 0.6) is 5.88 Å². The summed E-state index contributed by atoms with van der Waals surface area (Å²) in [5.41, 5.74) is 4.69. The molecule has 0 amide bonds. The normalized spacial score (nSPS) is 13.1. The van der Waals surface area contributed by atoms with Gasteiger partial charge in [0.25, 0.3) is 0 Å². The van der Waals surface area contributed by atoms with Crippen LogP contribution in [0.3, 0.4) is 0 Å². The lowest BCUT2D eigenvalue weighted by atomic mass is 10.1. The molecule has 27 heavy (non-hydrogen) atoms. The minimum Gasteiger partial charge on any atom is -0.479 e. The van der Waals surface area contributed by atoms with Crippen molar-refractivity contribution >= 4 is 17.5 Å². The highest BCUT2D eigenvalue weighted by molar-refractivity contribution is 5.60. The van der Waals surface area contributed by atoms with Crippen LogP contribution in [0, 0.1) is 6.92 Å². The van der Waals surface area contributed by atoms with Gasteiger partial charge in [-0.25, -0.2) is 14.6 Å². The Hall–Kier alpha value is -3.20. The Morgan fingerprint density at radius 3 is 2.93 bits per heavy atom. The molecule has 0 aromatic carbocycles. The molecular weight excluding hydrogens is 344 g/mol. The molecule has 0 spiro atoms. The fraction of sp³-hybridized carbons (Fsp3) is 0.333. The second-order valence-electron chi connectivity index (χ2n) is 6.32. The topological polar surface area (TPSA) is 102 Å². The molecule has 0 aliphatic carbocycles. The number of methoxy groups -OCH3 is 1. The number of ether oxygens (including phenoxy) is 1. The number of anilines is 3. The van der Waals surface area contributed by atoms with Crippen LogP contribution >= 0.6 is 0 Å². The molecule has 1 aliphatic heterocycles. The summed E-state index contributed by atoms with van der Waals surface area (Å²) in [6.45, 7) is 3.69. The smallest absolute Gasteiger partial charge is 0.239 e. The van der Waals surface area contributed by atoms with Crippen LogP contribution in [0.1, 0.15) is 17.0 Å². The molecule has 4 heterocycles. The lowest BCUT2D eigenvalue weighted by Crippen LogP contribution is -2.22. The van der Waals surface area contributed by atoms with Gasteiger partial charge < -0.3 is 20.7 Å². The Kier molecular flexibility index (Phi) is 4.59. The highest BCUT2D eigenvalue weighted by Crippen LogP contribution is 2.26. The summed E-state index contributed by atoms with van der Waals surface area (Å²) in [5.74, 6) is 1.76. The largest absolute Gasteiger partial charge is 0.479 e. The second-order valence-corrected chi connectivity index (χ2v) is 6.32. The summed E-state index contributed by atoms with van der Waals surface area (Å²) in [4.78, 5) is 13.3. The predicted molar refractivity (Wildman–Crippen MR) is 103 cm³/mol. The zero-order chi connectivity index (χ0) is 18.8. The van der Waals surface area contributed by atoms with E-state index >= 15 is 0 Å². The summed E-state index contributed by atoms with van der Waals surface area (Å²) in [5, 5.41) is 14.3. The van der Waals surface area contributed by atoms with Crippen LogP contribution in [-0.2, 0) is 13.0 Å². The average Bonchev–Trinajstić information content (AvgIpc) is 3.11. The quantitative estimate of drug-likeness (QED) is 0.628. The molecular formula is C18H22N8O. The van der Waals surface area contributed by atoms with E-state index in [1.54, 1.807) is 13.3 Å². The Balaban J connectivity index is 1.69. The van der Waals surface area contributed by atoms with Crippen molar-refractivity contribution in [2.24, 2.45) is 0 Å². The Bertz CT molecular complexity index is 944. The first-order chi connectivity index (χ1) is 13.2. The number of fused-ring (bicyclic) bond motifs is 1. The molecule has 0 saturated carbocycles. The molecule has 9 heteroatoms. The van der Waals surface area contributed by atoms with Crippen molar-refractivity contribution in [1.29, 1.82) is 0 Å². The molecule has 0 radical (unpaired) electrons. The molecule has 3 aromatic rings. The summed E-state index contributed by atoms with van der Waals surface area (Å²) in [6.07, 6.45) is 4.63. The molecule has 4 rings (SSSR count). The van der Waals surface area contributed by atoms with Crippen LogP contribution in [0.25, 0.3) is 5.69 Å². The van der Waals surface area contributed by atoms with E-state index in [0.717, 1.165) is 48.1 Å². The second kappa shape index (κ2) is 7.20. The van der Waals surface area contributed by atoms with E-state index < -0.39 is 0 Å². The van der Waals surface area contributed by atoms with Gasteiger partial charge in [-0.3, -0.25) is 0 Å². The summed E-state index contributed by atoms with van der Waals surface area (Å²) < 4.78 is 7.26. The van der Waals surface area contributed by atoms with Gasteiger partial charge in [0, 0.05) is 50.1 Å². The van der Waals surface area contributed by atoms with Crippen molar-refractivity contribution < 1.29 is 4.74 Å². The van der Waals surface area contributed by atoms with Gasteiger partial charge in [-0.1, -0.05) is 0 Å². The zero-order valence-electron chi connectivity index (χ0n) is 15.6. The molecule has 9 nitrogen and oxygen atoms in total. The van der Waals surface area contributed by atoms with E-state index in [4.69, 9.17) is 9.84 Å². The SMILES string of the molecule is CNc1cc(C)nc(Nc2cnc(OC)c(-n3cc4c(n3)CCNC4)c2)n1. The van der Waals surface area contributed by atoms with Crippen molar-refractivity contribution in [2.45, 2.75) is 19.9 Å². The van der Waals surface area contributed by atoms with Crippen LogP contribution in [0.4, 0.5) is 17.5 Å². The lowest BCUT2D eigenvalue weighted by Gasteiger charge is -2.11. The van der Waals surface area contributed by atoms with Gasteiger partial charge in [-0.15, -0.1) is 0 Å². The first kappa shape index (κ1) is 17.2. The molecule has 140 valence electrons. The maximum Gasteiger partial charge on any atom is 0.239 e. The standard InChI is InChI=1S/C18H22N8O/c1-11-6-16(19-2)24-18(22-11)23-13-7-15(17(27-3)21-9-13)26-10-12-8-20-5-4-14(12)25-26/h6-7,9-10,20H,4-5,8H2,1-3H3,(H2,19,22,23,24). The number of hydrogen-bond donors (Lipinski definition) is 3. The van der Waals surface area contributed by atoms with E-state index in [1.165, 1.54) is 5.56 Å². The Morgan fingerprint density at radius 1 is 1.26 bits per heavy atom. The third kappa shape index (κ3) is 3.54. The molecule has 3 N–H and O–H groups in total. The number of pyridine rings is 1. The number of nitrogens with one attached hydrogen (secondary N) is 3. The van der Waals surface area contributed by atoms with Crippen molar-refractivity contribution in [3.8, 4) is 11.6 Å². The predicted octanol–water partition coefficient (Wildman–Crippen LogP) is 1.81. The molecule has 3 aromatic heterocycles. The first-order valence-corrected chi connectivity index (χ1v) is 8.79. The summed E-state index contributed by atoms with van der Waals surface area (Å²) >= 11 is 0. The van der Waals surface area contributed by atoms with Gasteiger partial charge >= 0.3 is 0 Å². The fourth-order valence-electron chi connectivity index (χ4n) is 3.07. The Morgan fingerprint density at radius 2 is 2.15 bits per heavy atom. The van der Waals surface area contributed by atoms with Crippen LogP contribution < -0.4 is 20.7 Å². The van der Waals surface area contributed by atoms with Gasteiger partial charge in [0.15, 0.2) is 0 Å². The van der Waals surface area contributed by atoms with Crippen LogP contribution in [-0.4, -0.2) is 45.4 Å². The van der Waals surface area contributed by atoms with Gasteiger partial charge in [0.2, 0.25) is 11.8 Å². The number of hydrogen-bond acceptors (Lipinski definition) is 8. The molecule has 0 unspecified atom stereocenters. The molecule has 0 bridgehead atoms. The van der Waals surface area contributed by atoms with Crippen LogP contribution in [0.2, 0.25) is 0 Å². The maximum absolute atomic E-state index is 5.44. The highest BCUT2D eigenvalue weighted by atomic mass is 16.5. The Labute approximate surface area is 157 Å². The monoisotopic (exact) mass is 366 g/mol. The van der Waals surface area contributed by atoms with Gasteiger partial charge in [0.05, 0.1) is 24.7 Å². The minimum atomic E-state index is 0.501. The summed E-state index contributed by atoms with van der Waals surface area (Å²) in [7, 11) is 3.43. The fourth-order valence-corrected chi connectivity index (χ4v) is 3.07.